The third kappa shape index (κ3) is 5.94. The molecule has 4 rings (SSSR count). The smallest absolute Gasteiger partial charge is 0.240 e. The van der Waals surface area contributed by atoms with E-state index in [0.717, 1.165) is 30.5 Å². The van der Waals surface area contributed by atoms with Crippen molar-refractivity contribution in [1.29, 1.82) is 0 Å². The van der Waals surface area contributed by atoms with E-state index in [-0.39, 0.29) is 22.9 Å². The Labute approximate surface area is 189 Å². The van der Waals surface area contributed by atoms with Gasteiger partial charge in [-0.1, -0.05) is 29.8 Å². The molecule has 172 valence electrons. The van der Waals surface area contributed by atoms with Crippen molar-refractivity contribution in [2.24, 2.45) is 5.92 Å². The fourth-order valence-electron chi connectivity index (χ4n) is 4.21. The molecule has 2 aromatic rings. The fraction of sp³-hybridized carbons (Fsp3) is 0.458. The number of piperidine rings is 1. The van der Waals surface area contributed by atoms with Gasteiger partial charge in [0.05, 0.1) is 17.5 Å². The first kappa shape index (κ1) is 22.9. The Morgan fingerprint density at radius 3 is 2.25 bits per heavy atom. The summed E-state index contributed by atoms with van der Waals surface area (Å²) in [5.41, 5.74) is 2.35. The number of benzene rings is 2. The van der Waals surface area contributed by atoms with E-state index < -0.39 is 15.8 Å². The van der Waals surface area contributed by atoms with Crippen LogP contribution in [-0.4, -0.2) is 44.9 Å². The normalized spacial score (nSPS) is 18.9. The molecule has 2 N–H and O–H groups in total. The van der Waals surface area contributed by atoms with Crippen LogP contribution in [0.4, 0.5) is 4.39 Å². The van der Waals surface area contributed by atoms with Crippen LogP contribution in [0.25, 0.3) is 0 Å². The lowest BCUT2D eigenvalue weighted by atomic mass is 10.0. The van der Waals surface area contributed by atoms with Crippen LogP contribution in [0.5, 0.6) is 0 Å². The fourth-order valence-corrected chi connectivity index (χ4v) is 5.51. The second-order valence-electron chi connectivity index (χ2n) is 8.92. The van der Waals surface area contributed by atoms with Crippen molar-refractivity contribution in [2.75, 3.05) is 19.6 Å². The lowest BCUT2D eigenvalue weighted by molar-refractivity contribution is -0.123. The van der Waals surface area contributed by atoms with E-state index in [4.69, 9.17) is 0 Å². The number of carbonyl (C=O) groups is 1. The zero-order valence-electron chi connectivity index (χ0n) is 18.3. The molecule has 2 aromatic carbocycles. The van der Waals surface area contributed by atoms with Crippen LogP contribution in [0, 0.1) is 18.7 Å². The molecule has 2 aliphatic rings. The van der Waals surface area contributed by atoms with Crippen molar-refractivity contribution in [2.45, 2.75) is 49.6 Å². The highest BCUT2D eigenvalue weighted by Crippen LogP contribution is 2.41. The Morgan fingerprint density at radius 1 is 1.03 bits per heavy atom. The second kappa shape index (κ2) is 9.68. The van der Waals surface area contributed by atoms with Crippen molar-refractivity contribution >= 4 is 15.9 Å². The van der Waals surface area contributed by atoms with Crippen LogP contribution < -0.4 is 10.0 Å². The molecule has 1 unspecified atom stereocenters. The minimum absolute atomic E-state index is 0.00724. The summed E-state index contributed by atoms with van der Waals surface area (Å²) in [7, 11) is -3.68. The molecular weight excluding hydrogens is 429 g/mol. The first-order valence-electron chi connectivity index (χ1n) is 11.2. The highest BCUT2D eigenvalue weighted by molar-refractivity contribution is 7.89. The SMILES string of the molecule is Cc1ccc(C(NC(=O)CN2CCC(NS(=O)(=O)c3ccc(F)cc3)CC2)C2CC2)cc1. The molecule has 1 saturated carbocycles. The van der Waals surface area contributed by atoms with E-state index >= 15 is 0 Å². The van der Waals surface area contributed by atoms with Gasteiger partial charge in [0.1, 0.15) is 5.82 Å². The van der Waals surface area contributed by atoms with Gasteiger partial charge in [-0.25, -0.2) is 17.5 Å². The van der Waals surface area contributed by atoms with Gasteiger partial charge in [0.15, 0.2) is 0 Å². The Balaban J connectivity index is 1.26. The molecule has 1 amide bonds. The predicted molar refractivity (Wildman–Crippen MR) is 121 cm³/mol. The zero-order valence-corrected chi connectivity index (χ0v) is 19.1. The standard InChI is InChI=1S/C24H30FN3O3S/c1-17-2-4-18(5-3-17)24(19-6-7-19)26-23(29)16-28-14-12-21(13-15-28)27-32(30,31)22-10-8-20(25)9-11-22/h2-5,8-11,19,21,24,27H,6-7,12-16H2,1H3,(H,26,29). The van der Waals surface area contributed by atoms with Crippen molar-refractivity contribution in [3.63, 3.8) is 0 Å². The molecule has 1 saturated heterocycles. The minimum Gasteiger partial charge on any atom is -0.348 e. The van der Waals surface area contributed by atoms with Gasteiger partial charge in [0.2, 0.25) is 15.9 Å². The van der Waals surface area contributed by atoms with Crippen LogP contribution in [0.15, 0.2) is 53.4 Å². The maximum Gasteiger partial charge on any atom is 0.240 e. The maximum atomic E-state index is 13.1. The highest BCUT2D eigenvalue weighted by atomic mass is 32.2. The first-order chi connectivity index (χ1) is 15.3. The molecule has 32 heavy (non-hydrogen) atoms. The van der Waals surface area contributed by atoms with Crippen molar-refractivity contribution < 1.29 is 17.6 Å². The summed E-state index contributed by atoms with van der Waals surface area (Å²) in [4.78, 5) is 14.8. The number of aryl methyl sites for hydroxylation is 1. The van der Waals surface area contributed by atoms with Crippen LogP contribution in [-0.2, 0) is 14.8 Å². The van der Waals surface area contributed by atoms with Crippen LogP contribution >= 0.6 is 0 Å². The van der Waals surface area contributed by atoms with E-state index in [1.807, 2.05) is 0 Å². The number of sulfonamides is 1. The molecule has 0 spiro atoms. The Hall–Kier alpha value is -2.29. The lowest BCUT2D eigenvalue weighted by Gasteiger charge is -2.32. The summed E-state index contributed by atoms with van der Waals surface area (Å²) >= 11 is 0. The summed E-state index contributed by atoms with van der Waals surface area (Å²) in [6, 6.07) is 13.0. The third-order valence-corrected chi connectivity index (χ3v) is 7.78. The van der Waals surface area contributed by atoms with Gasteiger partial charge in [0, 0.05) is 19.1 Å². The molecule has 1 heterocycles. The minimum atomic E-state index is -3.68. The van der Waals surface area contributed by atoms with Gasteiger partial charge in [-0.05, 0) is 68.4 Å². The monoisotopic (exact) mass is 459 g/mol. The average Bonchev–Trinajstić information content (AvgIpc) is 3.60. The van der Waals surface area contributed by atoms with E-state index in [0.29, 0.717) is 38.4 Å². The number of hydrogen-bond donors (Lipinski definition) is 2. The van der Waals surface area contributed by atoms with Crippen LogP contribution in [0.1, 0.15) is 42.9 Å². The summed E-state index contributed by atoms with van der Waals surface area (Å²) < 4.78 is 40.8. The van der Waals surface area contributed by atoms with Crippen molar-refractivity contribution in [3.05, 3.63) is 65.5 Å². The molecule has 0 radical (unpaired) electrons. The van der Waals surface area contributed by atoms with E-state index in [1.165, 1.54) is 17.7 Å². The van der Waals surface area contributed by atoms with E-state index in [2.05, 4.69) is 46.1 Å². The summed E-state index contributed by atoms with van der Waals surface area (Å²) in [5, 5.41) is 3.21. The van der Waals surface area contributed by atoms with Crippen LogP contribution in [0.3, 0.4) is 0 Å². The number of halogens is 1. The van der Waals surface area contributed by atoms with Gasteiger partial charge in [0.25, 0.3) is 0 Å². The van der Waals surface area contributed by atoms with Gasteiger partial charge in [-0.15, -0.1) is 0 Å². The number of nitrogens with one attached hydrogen (secondary N) is 2. The topological polar surface area (TPSA) is 78.5 Å². The average molecular weight is 460 g/mol. The van der Waals surface area contributed by atoms with E-state index in [1.54, 1.807) is 0 Å². The molecule has 0 bridgehead atoms. The molecule has 0 aromatic heterocycles. The molecule has 1 atom stereocenters. The summed E-state index contributed by atoms with van der Waals surface area (Å²) in [5.74, 6) is 0.0444. The Bertz CT molecular complexity index is 1030. The van der Waals surface area contributed by atoms with Gasteiger partial charge in [-0.2, -0.15) is 0 Å². The second-order valence-corrected chi connectivity index (χ2v) is 10.6. The number of carbonyl (C=O) groups excluding carboxylic acids is 1. The first-order valence-corrected chi connectivity index (χ1v) is 12.6. The highest BCUT2D eigenvalue weighted by Gasteiger charge is 2.34. The predicted octanol–water partition coefficient (Wildman–Crippen LogP) is 3.14. The van der Waals surface area contributed by atoms with Gasteiger partial charge >= 0.3 is 0 Å². The number of rotatable bonds is 8. The summed E-state index contributed by atoms with van der Waals surface area (Å²) in [6.07, 6.45) is 3.52. The molecule has 6 nitrogen and oxygen atoms in total. The Morgan fingerprint density at radius 2 is 1.66 bits per heavy atom. The largest absolute Gasteiger partial charge is 0.348 e. The third-order valence-electron chi connectivity index (χ3n) is 6.25. The lowest BCUT2D eigenvalue weighted by Crippen LogP contribution is -2.47. The maximum absolute atomic E-state index is 13.1. The quantitative estimate of drug-likeness (QED) is 0.636. The van der Waals surface area contributed by atoms with Crippen molar-refractivity contribution in [3.8, 4) is 0 Å². The van der Waals surface area contributed by atoms with Crippen molar-refractivity contribution in [1.82, 2.24) is 14.9 Å². The summed E-state index contributed by atoms with van der Waals surface area (Å²) in [6.45, 7) is 3.65. The molecule has 1 aliphatic heterocycles. The van der Waals surface area contributed by atoms with Gasteiger partial charge < -0.3 is 5.32 Å². The van der Waals surface area contributed by atoms with Gasteiger partial charge in [-0.3, -0.25) is 9.69 Å². The molecule has 2 fully saturated rings. The Kier molecular flexibility index (Phi) is 6.93. The number of likely N-dealkylation sites (tertiary alicyclic amines) is 1. The number of hydrogen-bond acceptors (Lipinski definition) is 4. The zero-order chi connectivity index (χ0) is 22.7. The van der Waals surface area contributed by atoms with E-state index in [9.17, 15) is 17.6 Å². The number of nitrogens with zero attached hydrogens (tertiary/aromatic N) is 1. The number of amides is 1. The molecule has 1 aliphatic carbocycles. The molecule has 8 heteroatoms. The van der Waals surface area contributed by atoms with Crippen LogP contribution in [0.2, 0.25) is 0 Å². The molecular formula is C24H30FN3O3S.